The molecule has 2 N–H and O–H groups in total. The highest BCUT2D eigenvalue weighted by atomic mass is 16.5. The van der Waals surface area contributed by atoms with E-state index in [9.17, 15) is 9.59 Å². The highest BCUT2D eigenvalue weighted by Gasteiger charge is 2.15. The number of benzene rings is 1. The lowest BCUT2D eigenvalue weighted by Crippen LogP contribution is -2.45. The molecule has 1 aromatic heterocycles. The molecule has 0 aliphatic carbocycles. The first-order valence-electron chi connectivity index (χ1n) is 8.05. The average Bonchev–Trinajstić information content (AvgIpc) is 2.58. The molecule has 0 radical (unpaired) electrons. The Labute approximate surface area is 147 Å². The zero-order valence-corrected chi connectivity index (χ0v) is 14.7. The first-order chi connectivity index (χ1) is 11.8. The van der Waals surface area contributed by atoms with E-state index < -0.39 is 5.91 Å². The average molecular weight is 341 g/mol. The maximum Gasteiger partial charge on any atom is 0.270 e. The van der Waals surface area contributed by atoms with Crippen LogP contribution in [0.15, 0.2) is 48.7 Å². The van der Waals surface area contributed by atoms with Crippen molar-refractivity contribution in [2.24, 2.45) is 0 Å². The van der Waals surface area contributed by atoms with E-state index >= 15 is 0 Å². The number of hydrogen-bond acceptors (Lipinski definition) is 4. The smallest absolute Gasteiger partial charge is 0.270 e. The molecule has 132 valence electrons. The summed E-state index contributed by atoms with van der Waals surface area (Å²) in [6.45, 7) is 5.97. The molecule has 0 aliphatic heterocycles. The fourth-order valence-electron chi connectivity index (χ4n) is 2.05. The topological polar surface area (TPSA) is 80.3 Å². The van der Waals surface area contributed by atoms with E-state index in [2.05, 4.69) is 15.6 Å². The number of amides is 2. The molecule has 0 fully saturated rings. The zero-order valence-electron chi connectivity index (χ0n) is 14.7. The molecule has 0 unspecified atom stereocenters. The largest absolute Gasteiger partial charge is 0.487 e. The van der Waals surface area contributed by atoms with Gasteiger partial charge in [0.05, 0.1) is 12.7 Å². The van der Waals surface area contributed by atoms with E-state index in [1.807, 2.05) is 51.1 Å². The zero-order chi connectivity index (χ0) is 18.3. The highest BCUT2D eigenvalue weighted by molar-refractivity contribution is 5.94. The van der Waals surface area contributed by atoms with Gasteiger partial charge in [0.2, 0.25) is 5.91 Å². The summed E-state index contributed by atoms with van der Waals surface area (Å²) in [5.74, 6) is -0.0757. The molecule has 0 saturated heterocycles. The minimum atomic E-state index is -0.404. The van der Waals surface area contributed by atoms with Crippen LogP contribution in [0.25, 0.3) is 0 Å². The summed E-state index contributed by atoms with van der Waals surface area (Å²) < 4.78 is 5.62. The fraction of sp³-hybridized carbons (Fsp3) is 0.316. The van der Waals surface area contributed by atoms with Crippen molar-refractivity contribution in [3.8, 4) is 5.75 Å². The number of pyridine rings is 1. The Bertz CT molecular complexity index is 707. The molecule has 0 aliphatic rings. The summed E-state index contributed by atoms with van der Waals surface area (Å²) in [4.78, 5) is 27.8. The third-order valence-electron chi connectivity index (χ3n) is 3.14. The summed E-state index contributed by atoms with van der Waals surface area (Å²) in [6.07, 6.45) is 1.49. The van der Waals surface area contributed by atoms with E-state index in [0.29, 0.717) is 12.4 Å². The van der Waals surface area contributed by atoms with Crippen LogP contribution >= 0.6 is 0 Å². The van der Waals surface area contributed by atoms with E-state index in [1.54, 1.807) is 12.1 Å². The van der Waals surface area contributed by atoms with Crippen molar-refractivity contribution in [3.05, 3.63) is 59.9 Å². The van der Waals surface area contributed by atoms with Gasteiger partial charge in [-0.15, -0.1) is 0 Å². The first-order valence-corrected chi connectivity index (χ1v) is 8.05. The number of nitrogens with zero attached hydrogens (tertiary/aromatic N) is 1. The molecule has 6 nitrogen and oxygen atoms in total. The third kappa shape index (κ3) is 6.63. The predicted molar refractivity (Wildman–Crippen MR) is 95.2 cm³/mol. The van der Waals surface area contributed by atoms with Crippen LogP contribution in [0.1, 0.15) is 36.8 Å². The lowest BCUT2D eigenvalue weighted by atomic mass is 10.1. The van der Waals surface area contributed by atoms with E-state index in [4.69, 9.17) is 4.74 Å². The lowest BCUT2D eigenvalue weighted by Gasteiger charge is -2.20. The van der Waals surface area contributed by atoms with Gasteiger partial charge in [0, 0.05) is 5.54 Å². The maximum atomic E-state index is 12.0. The second-order valence-electron chi connectivity index (χ2n) is 6.63. The Kier molecular flexibility index (Phi) is 6.11. The van der Waals surface area contributed by atoms with Crippen LogP contribution in [0.3, 0.4) is 0 Å². The Hall–Kier alpha value is -2.89. The van der Waals surface area contributed by atoms with E-state index in [1.165, 1.54) is 6.20 Å². The van der Waals surface area contributed by atoms with Gasteiger partial charge >= 0.3 is 0 Å². The van der Waals surface area contributed by atoms with Crippen LogP contribution in [-0.4, -0.2) is 28.9 Å². The second-order valence-corrected chi connectivity index (χ2v) is 6.63. The SMILES string of the molecule is CC(C)(C)NC(=O)CNC(=O)c1ccc(OCc2ccccc2)cn1. The molecule has 1 aromatic carbocycles. The van der Waals surface area contributed by atoms with Gasteiger partial charge in [-0.2, -0.15) is 0 Å². The van der Waals surface area contributed by atoms with Crippen molar-refractivity contribution in [2.75, 3.05) is 6.54 Å². The number of hydrogen-bond donors (Lipinski definition) is 2. The Morgan fingerprint density at radius 1 is 1.08 bits per heavy atom. The maximum absolute atomic E-state index is 12.0. The molecular weight excluding hydrogens is 318 g/mol. The van der Waals surface area contributed by atoms with Crippen molar-refractivity contribution < 1.29 is 14.3 Å². The summed E-state index contributed by atoms with van der Waals surface area (Å²) in [5.41, 5.74) is 0.947. The van der Waals surface area contributed by atoms with Crippen LogP contribution in [-0.2, 0) is 11.4 Å². The molecule has 2 amide bonds. The van der Waals surface area contributed by atoms with Gasteiger partial charge in [0.25, 0.3) is 5.91 Å². The van der Waals surface area contributed by atoms with Crippen molar-refractivity contribution in [1.82, 2.24) is 15.6 Å². The second kappa shape index (κ2) is 8.28. The molecule has 2 aromatic rings. The molecular formula is C19H23N3O3. The molecule has 0 atom stereocenters. The summed E-state index contributed by atoms with van der Waals surface area (Å²) in [5, 5.41) is 5.32. The Morgan fingerprint density at radius 2 is 1.80 bits per heavy atom. The van der Waals surface area contributed by atoms with Gasteiger partial charge < -0.3 is 15.4 Å². The lowest BCUT2D eigenvalue weighted by molar-refractivity contribution is -0.121. The molecule has 1 heterocycles. The van der Waals surface area contributed by atoms with E-state index in [0.717, 1.165) is 5.56 Å². The first kappa shape index (κ1) is 18.4. The Balaban J connectivity index is 1.82. The quantitative estimate of drug-likeness (QED) is 0.845. The number of carbonyl (C=O) groups is 2. The van der Waals surface area contributed by atoms with Gasteiger partial charge in [0.15, 0.2) is 0 Å². The van der Waals surface area contributed by atoms with Gasteiger partial charge in [-0.25, -0.2) is 4.98 Å². The molecule has 0 bridgehead atoms. The van der Waals surface area contributed by atoms with Crippen molar-refractivity contribution in [3.63, 3.8) is 0 Å². The standard InChI is InChI=1S/C19H23N3O3/c1-19(2,3)22-17(23)12-21-18(24)16-10-9-15(11-20-16)25-13-14-7-5-4-6-8-14/h4-11H,12-13H2,1-3H3,(H,21,24)(H,22,23). The number of carbonyl (C=O) groups excluding carboxylic acids is 2. The van der Waals surface area contributed by atoms with Gasteiger partial charge in [0.1, 0.15) is 18.1 Å². The fourth-order valence-corrected chi connectivity index (χ4v) is 2.05. The highest BCUT2D eigenvalue weighted by Crippen LogP contribution is 2.12. The van der Waals surface area contributed by atoms with Crippen LogP contribution < -0.4 is 15.4 Å². The summed E-state index contributed by atoms with van der Waals surface area (Å²) in [6, 6.07) is 13.0. The predicted octanol–water partition coefficient (Wildman–Crippen LogP) is 2.31. The number of ether oxygens (including phenoxy) is 1. The number of rotatable bonds is 6. The molecule has 6 heteroatoms. The van der Waals surface area contributed by atoms with Gasteiger partial charge in [-0.1, -0.05) is 30.3 Å². The molecule has 25 heavy (non-hydrogen) atoms. The molecule has 2 rings (SSSR count). The van der Waals surface area contributed by atoms with Crippen LogP contribution in [0.5, 0.6) is 5.75 Å². The molecule has 0 saturated carbocycles. The molecule has 0 spiro atoms. The van der Waals surface area contributed by atoms with Crippen molar-refractivity contribution in [1.29, 1.82) is 0 Å². The Morgan fingerprint density at radius 3 is 2.40 bits per heavy atom. The van der Waals surface area contributed by atoms with Crippen LogP contribution in [0.2, 0.25) is 0 Å². The minimum absolute atomic E-state index is 0.0932. The van der Waals surface area contributed by atoms with Gasteiger partial charge in [-0.3, -0.25) is 9.59 Å². The third-order valence-corrected chi connectivity index (χ3v) is 3.14. The number of nitrogens with one attached hydrogen (secondary N) is 2. The summed E-state index contributed by atoms with van der Waals surface area (Å²) >= 11 is 0. The summed E-state index contributed by atoms with van der Waals surface area (Å²) in [7, 11) is 0. The van der Waals surface area contributed by atoms with Crippen molar-refractivity contribution in [2.45, 2.75) is 32.9 Å². The minimum Gasteiger partial charge on any atom is -0.487 e. The number of aromatic nitrogens is 1. The van der Waals surface area contributed by atoms with Crippen LogP contribution in [0.4, 0.5) is 0 Å². The van der Waals surface area contributed by atoms with Gasteiger partial charge in [-0.05, 0) is 38.5 Å². The normalized spacial score (nSPS) is 10.8. The monoisotopic (exact) mass is 341 g/mol. The van der Waals surface area contributed by atoms with E-state index in [-0.39, 0.29) is 23.7 Å². The van der Waals surface area contributed by atoms with Crippen LogP contribution in [0, 0.1) is 0 Å². The van der Waals surface area contributed by atoms with Crippen molar-refractivity contribution >= 4 is 11.8 Å².